The Balaban J connectivity index is 5.20. The molecule has 0 bridgehead atoms. The molecule has 0 aliphatic heterocycles. The molecule has 0 saturated carbocycles. The number of hydrogen-bond donors (Lipinski definition) is 3. The minimum Gasteiger partial charge on any atom is -0.462 e. The molecule has 6 atom stereocenters. The molecule has 0 spiro atoms. The van der Waals surface area contributed by atoms with Gasteiger partial charge < -0.3 is 33.8 Å². The van der Waals surface area contributed by atoms with Crippen LogP contribution in [0.4, 0.5) is 0 Å². The van der Waals surface area contributed by atoms with E-state index in [1.54, 1.807) is 0 Å². The summed E-state index contributed by atoms with van der Waals surface area (Å²) in [6, 6.07) is 0. The van der Waals surface area contributed by atoms with Crippen molar-refractivity contribution >= 4 is 39.5 Å². The lowest BCUT2D eigenvalue weighted by Gasteiger charge is -2.21. The molecular formula is C81H158O17P2. The zero-order chi connectivity index (χ0) is 73.4. The van der Waals surface area contributed by atoms with Crippen molar-refractivity contribution in [1.82, 2.24) is 0 Å². The second-order valence-electron chi connectivity index (χ2n) is 29.4. The van der Waals surface area contributed by atoms with Crippen molar-refractivity contribution in [2.24, 2.45) is 5.92 Å². The largest absolute Gasteiger partial charge is 0.472 e. The number of aliphatic hydroxyl groups is 1. The molecule has 3 unspecified atom stereocenters. The highest BCUT2D eigenvalue weighted by Crippen LogP contribution is 2.45. The molecule has 0 saturated heterocycles. The predicted molar refractivity (Wildman–Crippen MR) is 409 cm³/mol. The van der Waals surface area contributed by atoms with E-state index in [-0.39, 0.29) is 25.7 Å². The average Bonchev–Trinajstić information content (AvgIpc) is 1.06. The van der Waals surface area contributed by atoms with Crippen LogP contribution in [-0.4, -0.2) is 96.7 Å². The Morgan fingerprint density at radius 2 is 0.480 bits per heavy atom. The highest BCUT2D eigenvalue weighted by atomic mass is 31.2. The van der Waals surface area contributed by atoms with Crippen LogP contribution in [0.15, 0.2) is 0 Å². The first kappa shape index (κ1) is 98.1. The average molecular weight is 1470 g/mol. The summed E-state index contributed by atoms with van der Waals surface area (Å²) in [7, 11) is -9.92. The molecule has 0 heterocycles. The predicted octanol–water partition coefficient (Wildman–Crippen LogP) is 24.4. The molecule has 0 radical (unpaired) electrons. The second-order valence-corrected chi connectivity index (χ2v) is 32.3. The fourth-order valence-electron chi connectivity index (χ4n) is 12.6. The minimum absolute atomic E-state index is 0.106. The van der Waals surface area contributed by atoms with Crippen molar-refractivity contribution in [3.8, 4) is 0 Å². The number of carbonyl (C=O) groups excluding carboxylic acids is 4. The van der Waals surface area contributed by atoms with Crippen molar-refractivity contribution in [3.63, 3.8) is 0 Å². The van der Waals surface area contributed by atoms with E-state index in [1.807, 2.05) is 0 Å². The molecule has 100 heavy (non-hydrogen) atoms. The lowest BCUT2D eigenvalue weighted by atomic mass is 9.99. The highest BCUT2D eigenvalue weighted by Gasteiger charge is 2.30. The zero-order valence-electron chi connectivity index (χ0n) is 65.3. The molecule has 0 aromatic rings. The van der Waals surface area contributed by atoms with Gasteiger partial charge in [-0.05, 0) is 31.6 Å². The second kappa shape index (κ2) is 73.9. The summed E-state index contributed by atoms with van der Waals surface area (Å²) < 4.78 is 68.7. The van der Waals surface area contributed by atoms with Crippen LogP contribution in [0, 0.1) is 5.92 Å². The van der Waals surface area contributed by atoms with E-state index in [0.29, 0.717) is 25.7 Å². The fraction of sp³-hybridized carbons (Fsp3) is 0.951. The van der Waals surface area contributed by atoms with E-state index in [1.165, 1.54) is 257 Å². The number of unbranched alkanes of at least 4 members (excludes halogenated alkanes) is 52. The summed E-state index contributed by atoms with van der Waals surface area (Å²) in [5.41, 5.74) is 0. The maximum Gasteiger partial charge on any atom is 0.472 e. The number of phosphoric ester groups is 2. The number of phosphoric acid groups is 2. The normalized spacial score (nSPS) is 14.1. The standard InChI is InChI=1S/C81H158O17P2/c1-6-10-13-16-19-22-25-27-29-31-32-33-34-35-36-38-40-42-45-51-56-61-66-80(85)97-76(70-92-79(84)65-60-55-50-44-41-39-37-30-28-26-23-20-17-14-11-7-2)72-95-99(87,88)93-68-75(82)69-94-100(89,90)96-73-77(71-91-78(83)64-59-54-49-43-24-21-18-15-12-8-3)98-81(86)67-62-57-52-47-46-48-53-58-63-74(5)9-4/h74-77,82H,6-73H2,1-5H3,(H,87,88)(H,89,90)/t74?,75-,76-,77-/m1/s1. The molecule has 0 aromatic carbocycles. The van der Waals surface area contributed by atoms with E-state index in [0.717, 1.165) is 95.8 Å². The zero-order valence-corrected chi connectivity index (χ0v) is 67.1. The number of carbonyl (C=O) groups is 4. The summed E-state index contributed by atoms with van der Waals surface area (Å²) in [6.45, 7) is 7.31. The van der Waals surface area contributed by atoms with Crippen LogP contribution in [0.25, 0.3) is 0 Å². The lowest BCUT2D eigenvalue weighted by Crippen LogP contribution is -2.30. The monoisotopic (exact) mass is 1470 g/mol. The van der Waals surface area contributed by atoms with Crippen molar-refractivity contribution in [1.29, 1.82) is 0 Å². The van der Waals surface area contributed by atoms with Crippen LogP contribution < -0.4 is 0 Å². The van der Waals surface area contributed by atoms with Crippen LogP contribution in [0.5, 0.6) is 0 Å². The maximum atomic E-state index is 13.1. The lowest BCUT2D eigenvalue weighted by molar-refractivity contribution is -0.161. The van der Waals surface area contributed by atoms with Crippen molar-refractivity contribution < 1.29 is 80.2 Å². The molecule has 0 fully saturated rings. The van der Waals surface area contributed by atoms with E-state index >= 15 is 0 Å². The molecule has 0 aliphatic rings. The molecule has 594 valence electrons. The quantitative estimate of drug-likeness (QED) is 0.0222. The first-order valence-corrected chi connectivity index (χ1v) is 45.2. The van der Waals surface area contributed by atoms with Crippen LogP contribution in [0.1, 0.15) is 433 Å². The van der Waals surface area contributed by atoms with Gasteiger partial charge in [-0.15, -0.1) is 0 Å². The maximum absolute atomic E-state index is 13.1. The Hall–Kier alpha value is -1.94. The van der Waals surface area contributed by atoms with Gasteiger partial charge in [-0.25, -0.2) is 9.13 Å². The molecule has 0 aliphatic carbocycles. The Morgan fingerprint density at radius 3 is 0.710 bits per heavy atom. The summed E-state index contributed by atoms with van der Waals surface area (Å²) in [6.07, 6.45) is 65.3. The van der Waals surface area contributed by atoms with Crippen LogP contribution >= 0.6 is 15.6 Å². The smallest absolute Gasteiger partial charge is 0.462 e. The van der Waals surface area contributed by atoms with Crippen LogP contribution in [-0.2, 0) is 65.4 Å². The fourth-order valence-corrected chi connectivity index (χ4v) is 14.1. The van der Waals surface area contributed by atoms with Gasteiger partial charge >= 0.3 is 39.5 Å². The van der Waals surface area contributed by atoms with Gasteiger partial charge in [-0.2, -0.15) is 0 Å². The Bertz CT molecular complexity index is 1910. The molecule has 19 heteroatoms. The van der Waals surface area contributed by atoms with Crippen molar-refractivity contribution in [2.45, 2.75) is 451 Å². The molecule has 0 amide bonds. The Kier molecular flexibility index (Phi) is 72.5. The summed E-state index contributed by atoms with van der Waals surface area (Å²) in [5, 5.41) is 10.6. The van der Waals surface area contributed by atoms with E-state index in [9.17, 15) is 43.2 Å². The van der Waals surface area contributed by atoms with Crippen LogP contribution in [0.2, 0.25) is 0 Å². The van der Waals surface area contributed by atoms with Gasteiger partial charge in [0, 0.05) is 25.7 Å². The third-order valence-electron chi connectivity index (χ3n) is 19.4. The van der Waals surface area contributed by atoms with Gasteiger partial charge in [-0.1, -0.05) is 381 Å². The highest BCUT2D eigenvalue weighted by molar-refractivity contribution is 7.47. The van der Waals surface area contributed by atoms with Gasteiger partial charge in [0.1, 0.15) is 19.3 Å². The molecular weight excluding hydrogens is 1310 g/mol. The summed E-state index contributed by atoms with van der Waals surface area (Å²) in [5.74, 6) is -1.34. The molecule has 0 aromatic heterocycles. The third-order valence-corrected chi connectivity index (χ3v) is 21.3. The Labute approximate surface area is 613 Å². The van der Waals surface area contributed by atoms with Gasteiger partial charge in [0.2, 0.25) is 0 Å². The first-order chi connectivity index (χ1) is 48.6. The molecule has 17 nitrogen and oxygen atoms in total. The summed E-state index contributed by atoms with van der Waals surface area (Å²) >= 11 is 0. The number of rotatable bonds is 81. The van der Waals surface area contributed by atoms with E-state index in [2.05, 4.69) is 34.6 Å². The topological polar surface area (TPSA) is 237 Å². The number of hydrogen-bond acceptors (Lipinski definition) is 15. The molecule has 3 N–H and O–H groups in total. The van der Waals surface area contributed by atoms with Gasteiger partial charge in [0.15, 0.2) is 12.2 Å². The van der Waals surface area contributed by atoms with Crippen molar-refractivity contribution in [3.05, 3.63) is 0 Å². The minimum atomic E-state index is -4.96. The van der Waals surface area contributed by atoms with E-state index in [4.69, 9.17) is 37.0 Å². The van der Waals surface area contributed by atoms with Gasteiger partial charge in [0.05, 0.1) is 26.4 Å². The molecule has 0 rings (SSSR count). The Morgan fingerprint density at radius 1 is 0.280 bits per heavy atom. The van der Waals surface area contributed by atoms with E-state index < -0.39 is 97.5 Å². The summed E-state index contributed by atoms with van der Waals surface area (Å²) in [4.78, 5) is 73.0. The van der Waals surface area contributed by atoms with Crippen molar-refractivity contribution in [2.75, 3.05) is 39.6 Å². The van der Waals surface area contributed by atoms with Crippen LogP contribution in [0.3, 0.4) is 0 Å². The first-order valence-electron chi connectivity index (χ1n) is 42.2. The van der Waals surface area contributed by atoms with Gasteiger partial charge in [0.25, 0.3) is 0 Å². The number of esters is 4. The number of ether oxygens (including phenoxy) is 4. The third kappa shape index (κ3) is 73.0. The SMILES string of the molecule is CCCCCCCCCCCCCCCCCCCCCCCCC(=O)O[C@H](COC(=O)CCCCCCCCCCCCCCCCCC)COP(=O)(O)OC[C@@H](O)COP(=O)(O)OC[C@@H](COC(=O)CCCCCCCCCCCC)OC(=O)CCCCCCCCCCC(C)CC. The number of aliphatic hydroxyl groups excluding tert-OH is 1. The van der Waals surface area contributed by atoms with Gasteiger partial charge in [-0.3, -0.25) is 37.3 Å².